The number of rotatable bonds is 5. The number of halogens is 1. The highest BCUT2D eigenvalue weighted by molar-refractivity contribution is 5.93. The standard InChI is InChI=1S/C17H22FN3/c18-9-11-20-14-4-6-15(7-5-14)21-17-3-1-2-13-12-19-10-8-16(13)17/h1-3,8,10,12,14-15,20-21H,4-7,9,11H2/t14-,15+. The van der Waals surface area contributed by atoms with Crippen LogP contribution in [-0.4, -0.2) is 30.3 Å². The van der Waals surface area contributed by atoms with Crippen molar-refractivity contribution in [1.29, 1.82) is 0 Å². The molecule has 1 aliphatic rings. The minimum atomic E-state index is -0.276. The van der Waals surface area contributed by atoms with Crippen LogP contribution in [-0.2, 0) is 0 Å². The fraction of sp³-hybridized carbons (Fsp3) is 0.471. The Morgan fingerprint density at radius 2 is 1.90 bits per heavy atom. The van der Waals surface area contributed by atoms with Crippen LogP contribution in [0.4, 0.5) is 10.1 Å². The Hall–Kier alpha value is -1.68. The summed E-state index contributed by atoms with van der Waals surface area (Å²) in [6, 6.07) is 9.34. The summed E-state index contributed by atoms with van der Waals surface area (Å²) < 4.78 is 12.2. The molecule has 2 aromatic rings. The van der Waals surface area contributed by atoms with Crippen molar-refractivity contribution >= 4 is 16.5 Å². The van der Waals surface area contributed by atoms with Crippen molar-refractivity contribution in [3.63, 3.8) is 0 Å². The summed E-state index contributed by atoms with van der Waals surface area (Å²) in [5.41, 5.74) is 1.19. The molecule has 0 unspecified atom stereocenters. The van der Waals surface area contributed by atoms with Crippen molar-refractivity contribution < 1.29 is 4.39 Å². The topological polar surface area (TPSA) is 37.0 Å². The van der Waals surface area contributed by atoms with E-state index in [4.69, 9.17) is 0 Å². The number of hydrogen-bond acceptors (Lipinski definition) is 3. The second-order valence-corrected chi connectivity index (χ2v) is 5.74. The number of aromatic nitrogens is 1. The van der Waals surface area contributed by atoms with Gasteiger partial charge in [-0.1, -0.05) is 12.1 Å². The number of fused-ring (bicyclic) bond motifs is 1. The van der Waals surface area contributed by atoms with E-state index in [1.165, 1.54) is 16.5 Å². The molecule has 2 N–H and O–H groups in total. The molecule has 1 aromatic carbocycles. The van der Waals surface area contributed by atoms with E-state index in [1.54, 1.807) is 0 Å². The van der Waals surface area contributed by atoms with Gasteiger partial charge in [-0.05, 0) is 37.8 Å². The number of nitrogens with one attached hydrogen (secondary N) is 2. The molecular weight excluding hydrogens is 265 g/mol. The third kappa shape index (κ3) is 3.50. The molecule has 3 rings (SSSR count). The van der Waals surface area contributed by atoms with E-state index in [1.807, 2.05) is 12.4 Å². The molecule has 21 heavy (non-hydrogen) atoms. The first-order valence-corrected chi connectivity index (χ1v) is 7.75. The fourth-order valence-electron chi connectivity index (χ4n) is 3.17. The van der Waals surface area contributed by atoms with Crippen LogP contribution in [0.2, 0.25) is 0 Å². The fourth-order valence-corrected chi connectivity index (χ4v) is 3.17. The summed E-state index contributed by atoms with van der Waals surface area (Å²) in [7, 11) is 0. The molecule has 0 amide bonds. The van der Waals surface area contributed by atoms with Crippen LogP contribution in [0.15, 0.2) is 36.7 Å². The predicted molar refractivity (Wildman–Crippen MR) is 85.4 cm³/mol. The van der Waals surface area contributed by atoms with Gasteiger partial charge in [-0.15, -0.1) is 0 Å². The lowest BCUT2D eigenvalue weighted by Gasteiger charge is -2.30. The van der Waals surface area contributed by atoms with Crippen LogP contribution >= 0.6 is 0 Å². The van der Waals surface area contributed by atoms with Gasteiger partial charge in [0.1, 0.15) is 6.67 Å². The van der Waals surface area contributed by atoms with Gasteiger partial charge in [0.25, 0.3) is 0 Å². The molecule has 3 nitrogen and oxygen atoms in total. The van der Waals surface area contributed by atoms with Gasteiger partial charge in [0.15, 0.2) is 0 Å². The maximum atomic E-state index is 12.2. The lowest BCUT2D eigenvalue weighted by molar-refractivity contribution is 0.339. The molecule has 0 bridgehead atoms. The van der Waals surface area contributed by atoms with E-state index in [9.17, 15) is 4.39 Å². The molecule has 1 aliphatic carbocycles. The molecule has 112 valence electrons. The highest BCUT2D eigenvalue weighted by Crippen LogP contribution is 2.27. The minimum Gasteiger partial charge on any atom is -0.382 e. The molecule has 4 heteroatoms. The summed E-state index contributed by atoms with van der Waals surface area (Å²) in [6.07, 6.45) is 8.23. The van der Waals surface area contributed by atoms with Crippen molar-refractivity contribution in [3.05, 3.63) is 36.7 Å². The second kappa shape index (κ2) is 6.85. The molecule has 0 atom stereocenters. The van der Waals surface area contributed by atoms with E-state index in [-0.39, 0.29) is 6.67 Å². The Labute approximate surface area is 125 Å². The van der Waals surface area contributed by atoms with E-state index in [0.717, 1.165) is 25.7 Å². The Balaban J connectivity index is 1.62. The number of anilines is 1. The van der Waals surface area contributed by atoms with Gasteiger partial charge in [0.05, 0.1) is 0 Å². The Morgan fingerprint density at radius 3 is 2.71 bits per heavy atom. The third-order valence-electron chi connectivity index (χ3n) is 4.30. The largest absolute Gasteiger partial charge is 0.382 e. The molecule has 1 fully saturated rings. The second-order valence-electron chi connectivity index (χ2n) is 5.74. The zero-order valence-electron chi connectivity index (χ0n) is 12.2. The minimum absolute atomic E-state index is 0.276. The van der Waals surface area contributed by atoms with Crippen LogP contribution in [0.5, 0.6) is 0 Å². The molecular formula is C17H22FN3. The molecule has 1 aromatic heterocycles. The zero-order valence-corrected chi connectivity index (χ0v) is 12.2. The van der Waals surface area contributed by atoms with Crippen LogP contribution in [0.3, 0.4) is 0 Å². The van der Waals surface area contributed by atoms with Gasteiger partial charge >= 0.3 is 0 Å². The highest BCUT2D eigenvalue weighted by atomic mass is 19.1. The SMILES string of the molecule is FCCN[C@H]1CC[C@@H](Nc2cccc3cnccc23)CC1. The number of hydrogen-bond donors (Lipinski definition) is 2. The van der Waals surface area contributed by atoms with Crippen LogP contribution in [0.1, 0.15) is 25.7 Å². The van der Waals surface area contributed by atoms with Crippen molar-refractivity contribution in [2.24, 2.45) is 0 Å². The highest BCUT2D eigenvalue weighted by Gasteiger charge is 2.20. The van der Waals surface area contributed by atoms with E-state index in [2.05, 4.69) is 39.9 Å². The van der Waals surface area contributed by atoms with Gasteiger partial charge in [0, 0.05) is 47.5 Å². The average molecular weight is 287 g/mol. The van der Waals surface area contributed by atoms with Crippen LogP contribution < -0.4 is 10.6 Å². The van der Waals surface area contributed by atoms with Crippen molar-refractivity contribution in [3.8, 4) is 0 Å². The first-order valence-electron chi connectivity index (χ1n) is 7.75. The van der Waals surface area contributed by atoms with Gasteiger partial charge in [0.2, 0.25) is 0 Å². The molecule has 0 saturated heterocycles. The Bertz CT molecular complexity index is 574. The van der Waals surface area contributed by atoms with Crippen molar-refractivity contribution in [1.82, 2.24) is 10.3 Å². The lowest BCUT2D eigenvalue weighted by atomic mass is 9.91. The van der Waals surface area contributed by atoms with E-state index in [0.29, 0.717) is 18.6 Å². The van der Waals surface area contributed by atoms with Crippen LogP contribution in [0.25, 0.3) is 10.8 Å². The monoisotopic (exact) mass is 287 g/mol. The Kier molecular flexibility index (Phi) is 4.65. The summed E-state index contributed by atoms with van der Waals surface area (Å²) in [4.78, 5) is 4.17. The summed E-state index contributed by atoms with van der Waals surface area (Å²) in [5.74, 6) is 0. The van der Waals surface area contributed by atoms with Crippen LogP contribution in [0, 0.1) is 0 Å². The molecule has 0 spiro atoms. The normalized spacial score (nSPS) is 22.3. The zero-order chi connectivity index (χ0) is 14.5. The summed E-state index contributed by atoms with van der Waals surface area (Å²) in [5, 5.41) is 9.34. The number of benzene rings is 1. The maximum Gasteiger partial charge on any atom is 0.102 e. The van der Waals surface area contributed by atoms with Gasteiger partial charge in [-0.2, -0.15) is 0 Å². The maximum absolute atomic E-state index is 12.2. The first kappa shape index (κ1) is 14.3. The smallest absolute Gasteiger partial charge is 0.102 e. The molecule has 0 radical (unpaired) electrons. The van der Waals surface area contributed by atoms with Crippen molar-refractivity contribution in [2.45, 2.75) is 37.8 Å². The van der Waals surface area contributed by atoms with Gasteiger partial charge in [-0.25, -0.2) is 4.39 Å². The van der Waals surface area contributed by atoms with Crippen molar-refractivity contribution in [2.75, 3.05) is 18.5 Å². The molecule has 1 saturated carbocycles. The Morgan fingerprint density at radius 1 is 1.10 bits per heavy atom. The van der Waals surface area contributed by atoms with E-state index < -0.39 is 0 Å². The number of alkyl halides is 1. The quantitative estimate of drug-likeness (QED) is 0.883. The lowest BCUT2D eigenvalue weighted by Crippen LogP contribution is -2.37. The number of pyridine rings is 1. The predicted octanol–water partition coefficient (Wildman–Crippen LogP) is 3.52. The first-order chi connectivity index (χ1) is 10.4. The summed E-state index contributed by atoms with van der Waals surface area (Å²) >= 11 is 0. The van der Waals surface area contributed by atoms with Gasteiger partial charge < -0.3 is 10.6 Å². The molecule has 1 heterocycles. The van der Waals surface area contributed by atoms with E-state index >= 15 is 0 Å². The average Bonchev–Trinajstić information content (AvgIpc) is 2.55. The molecule has 0 aliphatic heterocycles. The third-order valence-corrected chi connectivity index (χ3v) is 4.30. The number of nitrogens with zero attached hydrogens (tertiary/aromatic N) is 1. The van der Waals surface area contributed by atoms with Gasteiger partial charge in [-0.3, -0.25) is 4.98 Å². The summed E-state index contributed by atoms with van der Waals surface area (Å²) in [6.45, 7) is 0.210.